The van der Waals surface area contributed by atoms with Crippen molar-refractivity contribution >= 4 is 5.91 Å². The summed E-state index contributed by atoms with van der Waals surface area (Å²) < 4.78 is 0. The first-order valence-corrected chi connectivity index (χ1v) is 8.50. The standard InChI is InChI=1S/C19H20N4O3/c1-11-16(8-13(10-20)18(25)22-11)19(26)23-17(12-6-15(24)7-12)9-14-4-2-3-5-21-14/h2-5,8,12,15,17,24H,6-7,9H2,1H3,(H,22,25)(H,23,26). The highest BCUT2D eigenvalue weighted by Crippen LogP contribution is 2.31. The van der Waals surface area contributed by atoms with Crippen molar-refractivity contribution in [1.29, 1.82) is 5.26 Å². The molecule has 7 nitrogen and oxygen atoms in total. The molecule has 2 heterocycles. The van der Waals surface area contributed by atoms with Crippen molar-refractivity contribution in [3.05, 3.63) is 63.3 Å². The van der Waals surface area contributed by atoms with Crippen LogP contribution in [0.3, 0.4) is 0 Å². The Morgan fingerprint density at radius 2 is 2.27 bits per heavy atom. The third-order valence-electron chi connectivity index (χ3n) is 4.79. The van der Waals surface area contributed by atoms with Gasteiger partial charge >= 0.3 is 0 Å². The predicted molar refractivity (Wildman–Crippen MR) is 94.4 cm³/mol. The number of pyridine rings is 2. The van der Waals surface area contributed by atoms with Crippen molar-refractivity contribution in [3.63, 3.8) is 0 Å². The van der Waals surface area contributed by atoms with E-state index in [-0.39, 0.29) is 35.1 Å². The quantitative estimate of drug-likeness (QED) is 0.743. The molecule has 1 unspecified atom stereocenters. The number of aliphatic hydroxyl groups is 1. The monoisotopic (exact) mass is 352 g/mol. The molecule has 1 saturated carbocycles. The van der Waals surface area contributed by atoms with Gasteiger partial charge in [-0.05, 0) is 43.9 Å². The molecule has 0 spiro atoms. The molecule has 7 heteroatoms. The van der Waals surface area contributed by atoms with Crippen LogP contribution in [0.1, 0.15) is 40.2 Å². The average Bonchev–Trinajstić information content (AvgIpc) is 2.59. The van der Waals surface area contributed by atoms with E-state index >= 15 is 0 Å². The van der Waals surface area contributed by atoms with Crippen molar-refractivity contribution < 1.29 is 9.90 Å². The molecular weight excluding hydrogens is 332 g/mol. The first-order chi connectivity index (χ1) is 12.5. The predicted octanol–water partition coefficient (Wildman–Crippen LogP) is 1.06. The second-order valence-electron chi connectivity index (χ2n) is 6.65. The molecule has 26 heavy (non-hydrogen) atoms. The number of nitrogens with one attached hydrogen (secondary N) is 2. The first kappa shape index (κ1) is 17.8. The van der Waals surface area contributed by atoms with Crippen molar-refractivity contribution in [3.8, 4) is 6.07 Å². The molecule has 0 aromatic carbocycles. The summed E-state index contributed by atoms with van der Waals surface area (Å²) in [7, 11) is 0. The van der Waals surface area contributed by atoms with E-state index in [0.717, 1.165) is 5.69 Å². The Labute approximate surface area is 150 Å². The van der Waals surface area contributed by atoms with Gasteiger partial charge in [0, 0.05) is 30.0 Å². The van der Waals surface area contributed by atoms with Crippen LogP contribution in [0.2, 0.25) is 0 Å². The molecule has 0 radical (unpaired) electrons. The van der Waals surface area contributed by atoms with Crippen LogP contribution >= 0.6 is 0 Å². The SMILES string of the molecule is Cc1[nH]c(=O)c(C#N)cc1C(=O)NC(Cc1ccccn1)C1CC(O)C1. The van der Waals surface area contributed by atoms with Gasteiger partial charge in [0.15, 0.2) is 0 Å². The van der Waals surface area contributed by atoms with E-state index in [0.29, 0.717) is 25.0 Å². The van der Waals surface area contributed by atoms with Gasteiger partial charge in [-0.2, -0.15) is 5.26 Å². The molecular formula is C19H20N4O3. The molecule has 0 aliphatic heterocycles. The molecule has 0 saturated heterocycles. The Balaban J connectivity index is 1.81. The lowest BCUT2D eigenvalue weighted by Gasteiger charge is -2.38. The van der Waals surface area contributed by atoms with Crippen LogP contribution in [0.25, 0.3) is 0 Å². The van der Waals surface area contributed by atoms with Gasteiger partial charge in [-0.3, -0.25) is 14.6 Å². The summed E-state index contributed by atoms with van der Waals surface area (Å²) in [4.78, 5) is 31.3. The maximum Gasteiger partial charge on any atom is 0.266 e. The van der Waals surface area contributed by atoms with E-state index in [1.165, 1.54) is 6.07 Å². The number of carbonyl (C=O) groups is 1. The zero-order valence-electron chi connectivity index (χ0n) is 14.4. The second kappa shape index (κ2) is 7.50. The minimum Gasteiger partial charge on any atom is -0.393 e. The summed E-state index contributed by atoms with van der Waals surface area (Å²) in [6.45, 7) is 1.62. The van der Waals surface area contributed by atoms with Crippen LogP contribution in [-0.2, 0) is 6.42 Å². The fourth-order valence-electron chi connectivity index (χ4n) is 3.23. The number of H-pyrrole nitrogens is 1. The summed E-state index contributed by atoms with van der Waals surface area (Å²) in [6, 6.07) is 8.55. The smallest absolute Gasteiger partial charge is 0.266 e. The first-order valence-electron chi connectivity index (χ1n) is 8.50. The van der Waals surface area contributed by atoms with Gasteiger partial charge < -0.3 is 15.4 Å². The normalized spacial score (nSPS) is 19.9. The van der Waals surface area contributed by atoms with Crippen molar-refractivity contribution in [2.45, 2.75) is 38.3 Å². The molecule has 2 aromatic heterocycles. The number of nitrogens with zero attached hydrogens (tertiary/aromatic N) is 2. The minimum absolute atomic E-state index is 0.0962. The molecule has 3 rings (SSSR count). The lowest BCUT2D eigenvalue weighted by atomic mass is 9.75. The van der Waals surface area contributed by atoms with Crippen LogP contribution < -0.4 is 10.9 Å². The molecule has 0 bridgehead atoms. The molecule has 1 fully saturated rings. The van der Waals surface area contributed by atoms with Gasteiger partial charge in [0.2, 0.25) is 0 Å². The summed E-state index contributed by atoms with van der Waals surface area (Å²) >= 11 is 0. The number of carbonyl (C=O) groups excluding carboxylic acids is 1. The van der Waals surface area contributed by atoms with Crippen molar-refractivity contribution in [1.82, 2.24) is 15.3 Å². The summed E-state index contributed by atoms with van der Waals surface area (Å²) in [5.74, 6) is -0.188. The Hall–Kier alpha value is -2.98. The molecule has 1 amide bonds. The fraction of sp³-hybridized carbons (Fsp3) is 0.368. The Morgan fingerprint density at radius 3 is 2.88 bits per heavy atom. The minimum atomic E-state index is -0.506. The van der Waals surface area contributed by atoms with Crippen LogP contribution in [-0.4, -0.2) is 33.1 Å². The van der Waals surface area contributed by atoms with Crippen molar-refractivity contribution in [2.75, 3.05) is 0 Å². The van der Waals surface area contributed by atoms with E-state index in [1.807, 2.05) is 18.2 Å². The van der Waals surface area contributed by atoms with E-state index in [1.54, 1.807) is 19.2 Å². The summed E-state index contributed by atoms with van der Waals surface area (Å²) in [6.07, 6.45) is 3.19. The van der Waals surface area contributed by atoms with E-state index in [9.17, 15) is 14.7 Å². The van der Waals surface area contributed by atoms with Gasteiger partial charge in [-0.25, -0.2) is 0 Å². The molecule has 1 aliphatic carbocycles. The van der Waals surface area contributed by atoms with Gasteiger partial charge in [0.05, 0.1) is 11.7 Å². The van der Waals surface area contributed by atoms with E-state index in [2.05, 4.69) is 15.3 Å². The number of amides is 1. The number of aliphatic hydroxyl groups excluding tert-OH is 1. The number of aromatic amines is 1. The lowest BCUT2D eigenvalue weighted by molar-refractivity contribution is 0.0237. The highest BCUT2D eigenvalue weighted by molar-refractivity contribution is 5.95. The molecule has 3 N–H and O–H groups in total. The maximum atomic E-state index is 12.7. The average molecular weight is 352 g/mol. The van der Waals surface area contributed by atoms with Crippen LogP contribution in [0.4, 0.5) is 0 Å². The van der Waals surface area contributed by atoms with E-state index < -0.39 is 5.56 Å². The zero-order valence-corrected chi connectivity index (χ0v) is 14.4. The number of hydrogen-bond donors (Lipinski definition) is 3. The van der Waals surface area contributed by atoms with Gasteiger partial charge in [0.1, 0.15) is 11.6 Å². The van der Waals surface area contributed by atoms with Crippen molar-refractivity contribution in [2.24, 2.45) is 5.92 Å². The maximum absolute atomic E-state index is 12.7. The van der Waals surface area contributed by atoms with Gasteiger partial charge in [-0.1, -0.05) is 6.07 Å². The van der Waals surface area contributed by atoms with E-state index in [4.69, 9.17) is 5.26 Å². The molecule has 1 atom stereocenters. The summed E-state index contributed by atoms with van der Waals surface area (Å²) in [5.41, 5.74) is 0.939. The number of aromatic nitrogens is 2. The van der Waals surface area contributed by atoms with Crippen LogP contribution in [0.5, 0.6) is 0 Å². The second-order valence-corrected chi connectivity index (χ2v) is 6.65. The number of aryl methyl sites for hydroxylation is 1. The highest BCUT2D eigenvalue weighted by atomic mass is 16.3. The third-order valence-corrected chi connectivity index (χ3v) is 4.79. The fourth-order valence-corrected chi connectivity index (χ4v) is 3.23. The molecule has 2 aromatic rings. The lowest BCUT2D eigenvalue weighted by Crippen LogP contribution is -2.48. The number of rotatable bonds is 5. The van der Waals surface area contributed by atoms with Gasteiger partial charge in [0.25, 0.3) is 11.5 Å². The topological polar surface area (TPSA) is 119 Å². The Bertz CT molecular complexity index is 895. The zero-order chi connectivity index (χ0) is 18.7. The largest absolute Gasteiger partial charge is 0.393 e. The molecule has 1 aliphatic rings. The number of nitriles is 1. The Morgan fingerprint density at radius 1 is 1.50 bits per heavy atom. The number of hydrogen-bond acceptors (Lipinski definition) is 5. The van der Waals surface area contributed by atoms with Crippen LogP contribution in [0, 0.1) is 24.2 Å². The van der Waals surface area contributed by atoms with Gasteiger partial charge in [-0.15, -0.1) is 0 Å². The Kier molecular flexibility index (Phi) is 5.14. The van der Waals surface area contributed by atoms with Crippen LogP contribution in [0.15, 0.2) is 35.3 Å². The summed E-state index contributed by atoms with van der Waals surface area (Å²) in [5, 5.41) is 21.6. The molecule has 134 valence electrons. The third kappa shape index (κ3) is 3.81. The highest BCUT2D eigenvalue weighted by Gasteiger charge is 2.35.